The number of hydrogen-bond acceptors (Lipinski definition) is 3. The highest BCUT2D eigenvalue weighted by Crippen LogP contribution is 2.22. The predicted octanol–water partition coefficient (Wildman–Crippen LogP) is 2.32. The summed E-state index contributed by atoms with van der Waals surface area (Å²) >= 11 is 1.61. The van der Waals surface area contributed by atoms with Crippen LogP contribution >= 0.6 is 11.5 Å². The fourth-order valence-corrected chi connectivity index (χ4v) is 2.16. The molecule has 0 aliphatic carbocycles. The first kappa shape index (κ1) is 10.7. The normalized spacial score (nSPS) is 11.9. The van der Waals surface area contributed by atoms with Gasteiger partial charge >= 0.3 is 0 Å². The van der Waals surface area contributed by atoms with Crippen molar-refractivity contribution >= 4 is 11.5 Å². The van der Waals surface area contributed by atoms with Crippen LogP contribution in [0.2, 0.25) is 0 Å². The molecule has 1 aromatic heterocycles. The standard InChI is InChI=1S/C10H18N2S/c1-4-11-8-10(2,3)7-9-5-6-12-13-9/h5-6,11H,4,7-8H2,1-3H3. The lowest BCUT2D eigenvalue weighted by atomic mass is 9.88. The minimum absolute atomic E-state index is 0.336. The zero-order valence-corrected chi connectivity index (χ0v) is 9.45. The summed E-state index contributed by atoms with van der Waals surface area (Å²) in [7, 11) is 0. The Morgan fingerprint density at radius 3 is 2.85 bits per heavy atom. The van der Waals surface area contributed by atoms with Crippen LogP contribution in [0.1, 0.15) is 25.6 Å². The Hall–Kier alpha value is -0.410. The van der Waals surface area contributed by atoms with Crippen molar-refractivity contribution in [2.24, 2.45) is 5.41 Å². The number of nitrogens with zero attached hydrogens (tertiary/aromatic N) is 1. The summed E-state index contributed by atoms with van der Waals surface area (Å²) in [6.45, 7) is 8.83. The van der Waals surface area contributed by atoms with Crippen LogP contribution in [0.5, 0.6) is 0 Å². The van der Waals surface area contributed by atoms with Gasteiger partial charge in [-0.3, -0.25) is 0 Å². The number of aromatic nitrogens is 1. The molecule has 0 aromatic carbocycles. The molecule has 0 saturated heterocycles. The van der Waals surface area contributed by atoms with E-state index in [1.54, 1.807) is 11.5 Å². The Balaban J connectivity index is 2.42. The van der Waals surface area contributed by atoms with E-state index < -0.39 is 0 Å². The largest absolute Gasteiger partial charge is 0.316 e. The van der Waals surface area contributed by atoms with E-state index in [0.29, 0.717) is 5.41 Å². The average molecular weight is 198 g/mol. The van der Waals surface area contributed by atoms with Gasteiger partial charge < -0.3 is 5.32 Å². The smallest absolute Gasteiger partial charge is 0.0409 e. The van der Waals surface area contributed by atoms with Crippen molar-refractivity contribution in [1.82, 2.24) is 9.69 Å². The molecule has 13 heavy (non-hydrogen) atoms. The Morgan fingerprint density at radius 1 is 1.54 bits per heavy atom. The molecule has 2 nitrogen and oxygen atoms in total. The van der Waals surface area contributed by atoms with Crippen LogP contribution in [0, 0.1) is 5.41 Å². The van der Waals surface area contributed by atoms with Gasteiger partial charge in [-0.2, -0.15) is 0 Å². The van der Waals surface area contributed by atoms with Gasteiger partial charge in [-0.25, -0.2) is 4.37 Å². The molecule has 0 bridgehead atoms. The second-order valence-corrected chi connectivity index (χ2v) is 5.02. The fourth-order valence-electron chi connectivity index (χ4n) is 1.33. The zero-order chi connectivity index (χ0) is 9.73. The summed E-state index contributed by atoms with van der Waals surface area (Å²) in [5.74, 6) is 0. The highest BCUT2D eigenvalue weighted by Gasteiger charge is 2.18. The van der Waals surface area contributed by atoms with Gasteiger partial charge in [-0.1, -0.05) is 20.8 Å². The van der Waals surface area contributed by atoms with Crippen LogP contribution < -0.4 is 5.32 Å². The Bertz CT molecular complexity index is 229. The zero-order valence-electron chi connectivity index (χ0n) is 8.63. The van der Waals surface area contributed by atoms with Gasteiger partial charge in [0.15, 0.2) is 0 Å². The molecule has 1 heterocycles. The average Bonchev–Trinajstić information content (AvgIpc) is 2.52. The second kappa shape index (κ2) is 4.72. The third-order valence-electron chi connectivity index (χ3n) is 2.00. The summed E-state index contributed by atoms with van der Waals surface area (Å²) < 4.78 is 4.11. The van der Waals surface area contributed by atoms with Gasteiger partial charge in [0.05, 0.1) is 0 Å². The van der Waals surface area contributed by atoms with E-state index in [-0.39, 0.29) is 0 Å². The number of nitrogens with one attached hydrogen (secondary N) is 1. The van der Waals surface area contributed by atoms with Gasteiger partial charge in [-0.05, 0) is 36.0 Å². The predicted molar refractivity (Wildman–Crippen MR) is 58.1 cm³/mol. The minimum atomic E-state index is 0.336. The van der Waals surface area contributed by atoms with E-state index >= 15 is 0 Å². The number of rotatable bonds is 5. The molecule has 1 aromatic rings. The quantitative estimate of drug-likeness (QED) is 0.785. The van der Waals surface area contributed by atoms with Crippen molar-refractivity contribution in [3.63, 3.8) is 0 Å². The first-order chi connectivity index (χ1) is 6.14. The van der Waals surface area contributed by atoms with E-state index in [1.807, 2.05) is 6.20 Å². The molecule has 1 rings (SSSR count). The van der Waals surface area contributed by atoms with E-state index in [2.05, 4.69) is 36.5 Å². The Kier molecular flexibility index (Phi) is 3.88. The molecule has 0 amide bonds. The molecule has 0 fully saturated rings. The topological polar surface area (TPSA) is 24.9 Å². The maximum Gasteiger partial charge on any atom is 0.0409 e. The van der Waals surface area contributed by atoms with Gasteiger partial charge in [0.2, 0.25) is 0 Å². The first-order valence-corrected chi connectivity index (χ1v) is 5.52. The van der Waals surface area contributed by atoms with Crippen LogP contribution in [0.15, 0.2) is 12.3 Å². The molecular formula is C10H18N2S. The number of hydrogen-bond donors (Lipinski definition) is 1. The summed E-state index contributed by atoms with van der Waals surface area (Å²) in [6.07, 6.45) is 2.99. The molecule has 0 atom stereocenters. The van der Waals surface area contributed by atoms with Gasteiger partial charge in [0, 0.05) is 17.6 Å². The van der Waals surface area contributed by atoms with Crippen molar-refractivity contribution in [2.75, 3.05) is 13.1 Å². The lowest BCUT2D eigenvalue weighted by Gasteiger charge is -2.23. The van der Waals surface area contributed by atoms with Crippen LogP contribution in [-0.4, -0.2) is 17.5 Å². The van der Waals surface area contributed by atoms with Crippen molar-refractivity contribution in [3.05, 3.63) is 17.1 Å². The summed E-state index contributed by atoms with van der Waals surface area (Å²) in [4.78, 5) is 1.38. The van der Waals surface area contributed by atoms with Crippen LogP contribution in [-0.2, 0) is 6.42 Å². The summed E-state index contributed by atoms with van der Waals surface area (Å²) in [5.41, 5.74) is 0.336. The van der Waals surface area contributed by atoms with Gasteiger partial charge in [0.1, 0.15) is 0 Å². The minimum Gasteiger partial charge on any atom is -0.316 e. The molecule has 0 saturated carbocycles. The monoisotopic (exact) mass is 198 g/mol. The molecule has 1 N–H and O–H groups in total. The third-order valence-corrected chi connectivity index (χ3v) is 2.74. The van der Waals surface area contributed by atoms with Crippen LogP contribution in [0.4, 0.5) is 0 Å². The maximum atomic E-state index is 4.11. The lowest BCUT2D eigenvalue weighted by Crippen LogP contribution is -2.30. The van der Waals surface area contributed by atoms with Crippen molar-refractivity contribution in [3.8, 4) is 0 Å². The van der Waals surface area contributed by atoms with E-state index in [0.717, 1.165) is 19.5 Å². The highest BCUT2D eigenvalue weighted by molar-refractivity contribution is 7.05. The molecule has 0 spiro atoms. The van der Waals surface area contributed by atoms with E-state index in [4.69, 9.17) is 0 Å². The summed E-state index contributed by atoms with van der Waals surface area (Å²) in [5, 5.41) is 3.39. The van der Waals surface area contributed by atoms with Gasteiger partial charge in [-0.15, -0.1) is 0 Å². The second-order valence-electron chi connectivity index (χ2n) is 4.10. The third kappa shape index (κ3) is 3.87. The molecule has 0 unspecified atom stereocenters. The van der Waals surface area contributed by atoms with Crippen molar-refractivity contribution in [1.29, 1.82) is 0 Å². The molecular weight excluding hydrogens is 180 g/mol. The summed E-state index contributed by atoms with van der Waals surface area (Å²) in [6, 6.07) is 2.11. The van der Waals surface area contributed by atoms with Gasteiger partial charge in [0.25, 0.3) is 0 Å². The molecule has 3 heteroatoms. The lowest BCUT2D eigenvalue weighted by molar-refractivity contribution is 0.344. The molecule has 0 radical (unpaired) electrons. The molecule has 74 valence electrons. The van der Waals surface area contributed by atoms with Crippen LogP contribution in [0.3, 0.4) is 0 Å². The highest BCUT2D eigenvalue weighted by atomic mass is 32.1. The molecule has 0 aliphatic heterocycles. The first-order valence-electron chi connectivity index (χ1n) is 4.74. The van der Waals surface area contributed by atoms with E-state index in [9.17, 15) is 0 Å². The SMILES string of the molecule is CCNCC(C)(C)Cc1ccns1. The maximum absolute atomic E-state index is 4.11. The van der Waals surface area contributed by atoms with Crippen LogP contribution in [0.25, 0.3) is 0 Å². The van der Waals surface area contributed by atoms with Crippen molar-refractivity contribution < 1.29 is 0 Å². The molecule has 0 aliphatic rings. The van der Waals surface area contributed by atoms with Crippen molar-refractivity contribution in [2.45, 2.75) is 27.2 Å². The Labute approximate surface area is 84.5 Å². The van der Waals surface area contributed by atoms with E-state index in [1.165, 1.54) is 4.88 Å². The Morgan fingerprint density at radius 2 is 2.31 bits per heavy atom. The fraction of sp³-hybridized carbons (Fsp3) is 0.700.